The Balaban J connectivity index is 2.99. The van der Waals surface area contributed by atoms with Gasteiger partial charge in [-0.3, -0.25) is 4.79 Å². The summed E-state index contributed by atoms with van der Waals surface area (Å²) in [6.45, 7) is 2.79. The van der Waals surface area contributed by atoms with E-state index in [1.165, 1.54) is 0 Å². The molecule has 0 unspecified atom stereocenters. The van der Waals surface area contributed by atoms with Crippen LogP contribution in [-0.4, -0.2) is 31.0 Å². The highest BCUT2D eigenvalue weighted by molar-refractivity contribution is 5.97. The molecule has 1 aromatic rings. The van der Waals surface area contributed by atoms with Crippen LogP contribution in [0.1, 0.15) is 17.3 Å². The smallest absolute Gasteiger partial charge is 0.258 e. The molecule has 1 rings (SSSR count). The third-order valence-corrected chi connectivity index (χ3v) is 2.29. The lowest BCUT2D eigenvalue weighted by molar-refractivity contribution is 0.0781. The number of para-hydroxylation sites is 1. The van der Waals surface area contributed by atoms with E-state index in [0.717, 1.165) is 0 Å². The maximum Gasteiger partial charge on any atom is 0.258 e. The fourth-order valence-corrected chi connectivity index (χ4v) is 1.43. The molecule has 0 aromatic heterocycles. The topological polar surface area (TPSA) is 29.5 Å². The van der Waals surface area contributed by atoms with Crippen molar-refractivity contribution < 1.29 is 9.53 Å². The van der Waals surface area contributed by atoms with Gasteiger partial charge in [-0.25, -0.2) is 0 Å². The average molecular weight is 217 g/mol. The first-order chi connectivity index (χ1) is 7.74. The van der Waals surface area contributed by atoms with E-state index in [2.05, 4.69) is 5.92 Å². The summed E-state index contributed by atoms with van der Waals surface area (Å²) in [4.78, 5) is 13.7. The number of nitrogens with zero attached hydrogens (tertiary/aromatic N) is 1. The highest BCUT2D eigenvalue weighted by Crippen LogP contribution is 2.18. The molecule has 1 amide bonds. The molecule has 0 aliphatic carbocycles. The molecule has 0 aliphatic rings. The van der Waals surface area contributed by atoms with Crippen molar-refractivity contribution in [2.75, 3.05) is 20.2 Å². The van der Waals surface area contributed by atoms with Crippen molar-refractivity contribution in [2.24, 2.45) is 0 Å². The van der Waals surface area contributed by atoms with E-state index in [1.807, 2.05) is 13.0 Å². The standard InChI is InChI=1S/C13H15NO2/c1-4-10-14(5-2)13(15)11-8-6-7-9-12(11)16-3/h1,6-9H,5,10H2,2-3H3. The van der Waals surface area contributed by atoms with E-state index in [4.69, 9.17) is 11.2 Å². The maximum atomic E-state index is 12.1. The molecule has 3 nitrogen and oxygen atoms in total. The van der Waals surface area contributed by atoms with Gasteiger partial charge in [0.2, 0.25) is 0 Å². The van der Waals surface area contributed by atoms with Gasteiger partial charge in [0, 0.05) is 6.54 Å². The molecular weight excluding hydrogens is 202 g/mol. The SMILES string of the molecule is C#CCN(CC)C(=O)c1ccccc1OC. The van der Waals surface area contributed by atoms with Crippen LogP contribution in [0, 0.1) is 12.3 Å². The number of ether oxygens (including phenoxy) is 1. The van der Waals surface area contributed by atoms with E-state index in [9.17, 15) is 4.79 Å². The van der Waals surface area contributed by atoms with Crippen LogP contribution < -0.4 is 4.74 Å². The number of amides is 1. The molecule has 0 N–H and O–H groups in total. The molecule has 84 valence electrons. The summed E-state index contributed by atoms with van der Waals surface area (Å²) in [5, 5.41) is 0. The number of methoxy groups -OCH3 is 1. The van der Waals surface area contributed by atoms with Crippen LogP contribution in [0.2, 0.25) is 0 Å². The Morgan fingerprint density at radius 1 is 1.50 bits per heavy atom. The summed E-state index contributed by atoms with van der Waals surface area (Å²) in [5.41, 5.74) is 0.544. The van der Waals surface area contributed by atoms with Crippen LogP contribution in [0.4, 0.5) is 0 Å². The number of carbonyl (C=O) groups is 1. The van der Waals surface area contributed by atoms with Gasteiger partial charge < -0.3 is 9.64 Å². The van der Waals surface area contributed by atoms with Gasteiger partial charge in [0.25, 0.3) is 5.91 Å². The van der Waals surface area contributed by atoms with E-state index in [0.29, 0.717) is 24.4 Å². The fourth-order valence-electron chi connectivity index (χ4n) is 1.43. The molecule has 0 aliphatic heterocycles. The monoisotopic (exact) mass is 217 g/mol. The molecule has 0 radical (unpaired) electrons. The first-order valence-corrected chi connectivity index (χ1v) is 5.10. The molecule has 3 heteroatoms. The van der Waals surface area contributed by atoms with Crippen LogP contribution in [0.5, 0.6) is 5.75 Å². The summed E-state index contributed by atoms with van der Waals surface area (Å²) >= 11 is 0. The zero-order chi connectivity index (χ0) is 12.0. The molecular formula is C13H15NO2. The Morgan fingerprint density at radius 2 is 2.19 bits per heavy atom. The van der Waals surface area contributed by atoms with Gasteiger partial charge in [-0.2, -0.15) is 0 Å². The van der Waals surface area contributed by atoms with Gasteiger partial charge in [-0.1, -0.05) is 18.1 Å². The van der Waals surface area contributed by atoms with E-state index < -0.39 is 0 Å². The summed E-state index contributed by atoms with van der Waals surface area (Å²) < 4.78 is 5.14. The van der Waals surface area contributed by atoms with E-state index in [1.54, 1.807) is 30.2 Å². The fraction of sp³-hybridized carbons (Fsp3) is 0.308. The maximum absolute atomic E-state index is 12.1. The lowest BCUT2D eigenvalue weighted by Gasteiger charge is -2.19. The van der Waals surface area contributed by atoms with Gasteiger partial charge in [0.15, 0.2) is 0 Å². The van der Waals surface area contributed by atoms with Gasteiger partial charge in [-0.15, -0.1) is 6.42 Å². The summed E-state index contributed by atoms with van der Waals surface area (Å²) in [7, 11) is 1.55. The second-order valence-electron chi connectivity index (χ2n) is 3.22. The van der Waals surface area contributed by atoms with Crippen molar-refractivity contribution >= 4 is 5.91 Å². The van der Waals surface area contributed by atoms with E-state index in [-0.39, 0.29) is 5.91 Å². The van der Waals surface area contributed by atoms with Crippen LogP contribution in [0.15, 0.2) is 24.3 Å². The van der Waals surface area contributed by atoms with E-state index >= 15 is 0 Å². The van der Waals surface area contributed by atoms with Crippen LogP contribution in [0.3, 0.4) is 0 Å². The predicted molar refractivity (Wildman–Crippen MR) is 63.4 cm³/mol. The largest absolute Gasteiger partial charge is 0.496 e. The molecule has 0 fully saturated rings. The van der Waals surface area contributed by atoms with Crippen LogP contribution in [0.25, 0.3) is 0 Å². The Bertz CT molecular complexity index is 407. The van der Waals surface area contributed by atoms with Crippen molar-refractivity contribution in [1.29, 1.82) is 0 Å². The van der Waals surface area contributed by atoms with Crippen molar-refractivity contribution in [3.63, 3.8) is 0 Å². The van der Waals surface area contributed by atoms with Gasteiger partial charge in [0.05, 0.1) is 19.2 Å². The zero-order valence-corrected chi connectivity index (χ0v) is 9.56. The number of hydrogen-bond acceptors (Lipinski definition) is 2. The molecule has 16 heavy (non-hydrogen) atoms. The van der Waals surface area contributed by atoms with Crippen molar-refractivity contribution in [3.05, 3.63) is 29.8 Å². The van der Waals surface area contributed by atoms with Crippen molar-refractivity contribution in [2.45, 2.75) is 6.92 Å². The number of carbonyl (C=O) groups excluding carboxylic acids is 1. The molecule has 0 heterocycles. The van der Waals surface area contributed by atoms with Crippen LogP contribution >= 0.6 is 0 Å². The summed E-state index contributed by atoms with van der Waals surface area (Å²) in [6, 6.07) is 7.13. The molecule has 0 atom stereocenters. The van der Waals surface area contributed by atoms with Crippen LogP contribution in [-0.2, 0) is 0 Å². The van der Waals surface area contributed by atoms with Crippen molar-refractivity contribution in [3.8, 4) is 18.1 Å². The predicted octanol–water partition coefficient (Wildman–Crippen LogP) is 1.79. The number of hydrogen-bond donors (Lipinski definition) is 0. The minimum absolute atomic E-state index is 0.0992. The third kappa shape index (κ3) is 2.54. The highest BCUT2D eigenvalue weighted by Gasteiger charge is 2.16. The van der Waals surface area contributed by atoms with Gasteiger partial charge in [0.1, 0.15) is 5.75 Å². The van der Waals surface area contributed by atoms with Gasteiger partial charge >= 0.3 is 0 Å². The number of rotatable bonds is 4. The second kappa shape index (κ2) is 5.82. The second-order valence-corrected chi connectivity index (χ2v) is 3.22. The average Bonchev–Trinajstić information content (AvgIpc) is 2.35. The first kappa shape index (κ1) is 12.1. The minimum atomic E-state index is -0.0992. The summed E-state index contributed by atoms with van der Waals surface area (Å²) in [6.07, 6.45) is 5.22. The zero-order valence-electron chi connectivity index (χ0n) is 9.56. The minimum Gasteiger partial charge on any atom is -0.496 e. The third-order valence-electron chi connectivity index (χ3n) is 2.29. The first-order valence-electron chi connectivity index (χ1n) is 5.10. The van der Waals surface area contributed by atoms with Gasteiger partial charge in [-0.05, 0) is 19.1 Å². The Hall–Kier alpha value is -1.95. The normalized spacial score (nSPS) is 9.31. The Labute approximate surface area is 96.0 Å². The lowest BCUT2D eigenvalue weighted by atomic mass is 10.1. The van der Waals surface area contributed by atoms with Crippen molar-refractivity contribution in [1.82, 2.24) is 4.90 Å². The summed E-state index contributed by atoms with van der Waals surface area (Å²) in [5.74, 6) is 2.94. The molecule has 0 bridgehead atoms. The Morgan fingerprint density at radius 3 is 2.75 bits per heavy atom. The lowest BCUT2D eigenvalue weighted by Crippen LogP contribution is -2.31. The quantitative estimate of drug-likeness (QED) is 0.720. The highest BCUT2D eigenvalue weighted by atomic mass is 16.5. The molecule has 0 spiro atoms. The molecule has 0 saturated carbocycles. The molecule has 1 aromatic carbocycles. The Kier molecular flexibility index (Phi) is 4.41. The number of terminal acetylenes is 1. The molecule has 0 saturated heterocycles. The number of benzene rings is 1.